The van der Waals surface area contributed by atoms with Gasteiger partial charge in [-0.05, 0) is 23.8 Å². The molecule has 0 aliphatic carbocycles. The molecule has 8 N–H and O–H groups in total. The Bertz CT molecular complexity index is 1250. The molecule has 0 fully saturated rings. The molecule has 3 rings (SSSR count). The molecule has 0 saturated heterocycles. The second-order valence-electron chi connectivity index (χ2n) is 6.43. The summed E-state index contributed by atoms with van der Waals surface area (Å²) in [6.45, 7) is -0.874. The van der Waals surface area contributed by atoms with Crippen LogP contribution in [0.15, 0.2) is 55.5 Å². The number of pyridine rings is 1. The van der Waals surface area contributed by atoms with Crippen molar-refractivity contribution in [3.05, 3.63) is 36.0 Å². The fraction of sp³-hybridized carbons (Fsp3) is 0.250. The molecule has 2 heterocycles. The van der Waals surface area contributed by atoms with Gasteiger partial charge in [-0.2, -0.15) is 5.11 Å². The molecule has 1 aliphatic rings. The lowest BCUT2D eigenvalue weighted by Crippen LogP contribution is -2.43. The van der Waals surface area contributed by atoms with Crippen molar-refractivity contribution in [1.29, 1.82) is 0 Å². The minimum Gasteiger partial charge on any atom is -0.395 e. The van der Waals surface area contributed by atoms with Gasteiger partial charge >= 0.3 is 0 Å². The number of aliphatic imine (C=N–C) groups is 1. The number of sulfonamides is 2. The molecule has 31 heavy (non-hydrogen) atoms. The van der Waals surface area contributed by atoms with Crippen molar-refractivity contribution in [2.75, 3.05) is 25.6 Å². The average molecular weight is 469 g/mol. The van der Waals surface area contributed by atoms with Crippen molar-refractivity contribution in [3.8, 4) is 11.1 Å². The highest BCUT2D eigenvalue weighted by Gasteiger charge is 2.33. The van der Waals surface area contributed by atoms with Crippen molar-refractivity contribution in [1.82, 2.24) is 9.71 Å². The summed E-state index contributed by atoms with van der Waals surface area (Å²) in [6.07, 6.45) is 1.39. The first kappa shape index (κ1) is 22.9. The van der Waals surface area contributed by atoms with E-state index in [0.717, 1.165) is 6.07 Å². The molecule has 1 atom stereocenters. The number of nitrogens with one attached hydrogen (secondary N) is 1. The third-order valence-electron chi connectivity index (χ3n) is 4.29. The van der Waals surface area contributed by atoms with Gasteiger partial charge in [0.1, 0.15) is 15.6 Å². The van der Waals surface area contributed by atoms with E-state index in [1.165, 1.54) is 18.3 Å². The van der Waals surface area contributed by atoms with Gasteiger partial charge in [0.25, 0.3) is 0 Å². The predicted octanol–water partition coefficient (Wildman–Crippen LogP) is -1.25. The zero-order chi connectivity index (χ0) is 22.8. The average Bonchev–Trinajstić information content (AvgIpc) is 3.25. The zero-order valence-corrected chi connectivity index (χ0v) is 17.6. The van der Waals surface area contributed by atoms with Crippen molar-refractivity contribution < 1.29 is 21.9 Å². The number of nitrogens with two attached hydrogens (primary N) is 3. The fourth-order valence-electron chi connectivity index (χ4n) is 2.89. The number of hydrogen-bond donors (Lipinski definition) is 5. The lowest BCUT2D eigenvalue weighted by atomic mass is 10.00. The number of amidine groups is 1. The Kier molecular flexibility index (Phi) is 6.44. The smallest absolute Gasteiger partial charge is 0.242 e. The molecule has 0 radical (unpaired) electrons. The third kappa shape index (κ3) is 4.76. The van der Waals surface area contributed by atoms with E-state index in [1.54, 1.807) is 6.07 Å². The van der Waals surface area contributed by atoms with E-state index >= 15 is 0 Å². The van der Waals surface area contributed by atoms with E-state index in [-0.39, 0.29) is 36.0 Å². The number of nitrogens with zero attached hydrogens (tertiary/aromatic N) is 4. The fourth-order valence-corrected chi connectivity index (χ4v) is 5.73. The van der Waals surface area contributed by atoms with Crippen LogP contribution in [0.5, 0.6) is 0 Å². The quantitative estimate of drug-likeness (QED) is 0.313. The molecule has 13 nitrogen and oxygen atoms in total. The standard InChI is InChI=1S/C16H20N8O5S2/c17-5-10(7-25)24-31(28,29)12-3-2-11(9-1-4-13(18)20-6-9)14(15(12)30(19,26)27)16-21-8-22-23-16/h1-4,6,10,24-25H,5,7-8,17H2,(H2,18,20)(H2,19,26,27)/t10-/m1/s1. The molecular weight excluding hydrogens is 448 g/mol. The van der Waals surface area contributed by atoms with Crippen LogP contribution in [0.4, 0.5) is 5.82 Å². The van der Waals surface area contributed by atoms with E-state index in [0.29, 0.717) is 5.56 Å². The van der Waals surface area contributed by atoms with Crippen LogP contribution >= 0.6 is 0 Å². The van der Waals surface area contributed by atoms with Crippen molar-refractivity contribution >= 4 is 31.7 Å². The van der Waals surface area contributed by atoms with Crippen LogP contribution in [-0.2, 0) is 20.0 Å². The van der Waals surface area contributed by atoms with Crippen molar-refractivity contribution in [2.24, 2.45) is 26.1 Å². The molecular formula is C16H20N8O5S2. The number of nitrogen functional groups attached to an aromatic ring is 1. The van der Waals surface area contributed by atoms with Crippen LogP contribution in [0.1, 0.15) is 5.56 Å². The number of hydrogen-bond acceptors (Lipinski definition) is 11. The maximum absolute atomic E-state index is 13.0. The Balaban J connectivity index is 2.36. The van der Waals surface area contributed by atoms with E-state index in [4.69, 9.17) is 16.6 Å². The first-order valence-corrected chi connectivity index (χ1v) is 11.8. The summed E-state index contributed by atoms with van der Waals surface area (Å²) >= 11 is 0. The van der Waals surface area contributed by atoms with Gasteiger partial charge in [-0.3, -0.25) is 0 Å². The van der Waals surface area contributed by atoms with Gasteiger partial charge in [0.15, 0.2) is 12.5 Å². The Labute approximate surface area is 178 Å². The number of azo groups is 1. The first-order valence-electron chi connectivity index (χ1n) is 8.75. The molecule has 1 aromatic carbocycles. The molecule has 0 bridgehead atoms. The van der Waals surface area contributed by atoms with Crippen LogP contribution in [0.2, 0.25) is 0 Å². The van der Waals surface area contributed by atoms with Gasteiger partial charge in [0.2, 0.25) is 20.0 Å². The highest BCUT2D eigenvalue weighted by atomic mass is 32.2. The number of aromatic nitrogens is 1. The summed E-state index contributed by atoms with van der Waals surface area (Å²) < 4.78 is 53.3. The Hall–Kier alpha value is -2.82. The van der Waals surface area contributed by atoms with E-state index < -0.39 is 42.5 Å². The summed E-state index contributed by atoms with van der Waals surface area (Å²) in [7, 11) is -9.08. The second-order valence-corrected chi connectivity index (χ2v) is 9.61. The SMILES string of the molecule is NC[C@H](CO)NS(=O)(=O)c1ccc(-c2ccc(N)nc2)c(C2=NCN=N2)c1S(N)(=O)=O. The number of aliphatic hydroxyl groups excluding tert-OH is 1. The van der Waals surface area contributed by atoms with Crippen LogP contribution in [0.25, 0.3) is 11.1 Å². The molecule has 15 heteroatoms. The minimum absolute atomic E-state index is 0.0617. The predicted molar refractivity (Wildman–Crippen MR) is 112 cm³/mol. The monoisotopic (exact) mass is 468 g/mol. The second kappa shape index (κ2) is 8.74. The molecule has 0 spiro atoms. The summed E-state index contributed by atoms with van der Waals surface area (Å²) in [4.78, 5) is 6.66. The molecule has 2 aromatic rings. The van der Waals surface area contributed by atoms with Gasteiger partial charge < -0.3 is 16.6 Å². The lowest BCUT2D eigenvalue weighted by molar-refractivity contribution is 0.259. The van der Waals surface area contributed by atoms with Gasteiger partial charge in [0, 0.05) is 18.3 Å². The molecule has 0 saturated carbocycles. The Morgan fingerprint density at radius 3 is 2.42 bits per heavy atom. The Morgan fingerprint density at radius 2 is 1.90 bits per heavy atom. The summed E-state index contributed by atoms with van der Waals surface area (Å²) in [5, 5.41) is 22.3. The highest BCUT2D eigenvalue weighted by molar-refractivity contribution is 7.92. The minimum atomic E-state index is -4.61. The van der Waals surface area contributed by atoms with Gasteiger partial charge in [0.05, 0.1) is 18.2 Å². The normalized spacial score (nSPS) is 15.1. The Morgan fingerprint density at radius 1 is 1.16 bits per heavy atom. The molecule has 1 aromatic heterocycles. The maximum atomic E-state index is 13.0. The van der Waals surface area contributed by atoms with Gasteiger partial charge in [-0.25, -0.2) is 36.7 Å². The number of anilines is 1. The van der Waals surface area contributed by atoms with Crippen LogP contribution in [0, 0.1) is 0 Å². The number of primary sulfonamides is 1. The maximum Gasteiger partial charge on any atom is 0.242 e. The van der Waals surface area contributed by atoms with E-state index in [1.807, 2.05) is 0 Å². The summed E-state index contributed by atoms with van der Waals surface area (Å²) in [5.41, 5.74) is 11.6. The zero-order valence-electron chi connectivity index (χ0n) is 16.0. The highest BCUT2D eigenvalue weighted by Crippen LogP contribution is 2.34. The topological polar surface area (TPSA) is 229 Å². The third-order valence-corrected chi connectivity index (χ3v) is 6.98. The number of aliphatic hydroxyl groups is 1. The molecule has 0 unspecified atom stereocenters. The van der Waals surface area contributed by atoms with E-state index in [2.05, 4.69) is 24.9 Å². The first-order chi connectivity index (χ1) is 14.6. The van der Waals surface area contributed by atoms with Crippen molar-refractivity contribution in [2.45, 2.75) is 15.8 Å². The number of rotatable bonds is 8. The van der Waals surface area contributed by atoms with Crippen LogP contribution in [-0.4, -0.2) is 58.6 Å². The van der Waals surface area contributed by atoms with E-state index in [9.17, 15) is 21.9 Å². The summed E-state index contributed by atoms with van der Waals surface area (Å²) in [6, 6.07) is 4.48. The van der Waals surface area contributed by atoms with Crippen LogP contribution in [0.3, 0.4) is 0 Å². The molecule has 166 valence electrons. The largest absolute Gasteiger partial charge is 0.395 e. The molecule has 1 aliphatic heterocycles. The van der Waals surface area contributed by atoms with Gasteiger partial charge in [-0.15, -0.1) is 5.11 Å². The number of benzene rings is 1. The molecule has 0 amide bonds. The van der Waals surface area contributed by atoms with Gasteiger partial charge in [-0.1, -0.05) is 6.07 Å². The summed E-state index contributed by atoms with van der Waals surface area (Å²) in [5.74, 6) is 0.125. The lowest BCUT2D eigenvalue weighted by Gasteiger charge is -2.19. The van der Waals surface area contributed by atoms with Crippen LogP contribution < -0.4 is 21.3 Å². The van der Waals surface area contributed by atoms with Crippen molar-refractivity contribution in [3.63, 3.8) is 0 Å².